The van der Waals surface area contributed by atoms with E-state index >= 15 is 0 Å². The average Bonchev–Trinajstić information content (AvgIpc) is 3.24. The summed E-state index contributed by atoms with van der Waals surface area (Å²) in [4.78, 5) is 45.0. The molecule has 5 rings (SSSR count). The molecule has 3 unspecified atom stereocenters. The Labute approximate surface area is 222 Å². The predicted molar refractivity (Wildman–Crippen MR) is 144 cm³/mol. The predicted octanol–water partition coefficient (Wildman–Crippen LogP) is 4.09. The number of para-hydroxylation sites is 1. The zero-order valence-corrected chi connectivity index (χ0v) is 22.2. The van der Waals surface area contributed by atoms with Gasteiger partial charge in [-0.1, -0.05) is 48.5 Å². The molecule has 2 aromatic carbocycles. The Kier molecular flexibility index (Phi) is 7.71. The number of thioether (sulfide) groups is 1. The van der Waals surface area contributed by atoms with E-state index in [1.165, 1.54) is 0 Å². The lowest BCUT2D eigenvalue weighted by Crippen LogP contribution is -2.51. The van der Waals surface area contributed by atoms with Crippen LogP contribution in [-0.2, 0) is 20.9 Å². The first-order valence-corrected chi connectivity index (χ1v) is 13.9. The van der Waals surface area contributed by atoms with Gasteiger partial charge in [-0.2, -0.15) is 0 Å². The molecule has 37 heavy (non-hydrogen) atoms. The van der Waals surface area contributed by atoms with Gasteiger partial charge < -0.3 is 24.8 Å². The zero-order chi connectivity index (χ0) is 25.9. The summed E-state index contributed by atoms with van der Waals surface area (Å²) in [5, 5.41) is 2.43. The molecule has 9 heteroatoms. The number of ether oxygens (including phenoxy) is 1. The van der Waals surface area contributed by atoms with Crippen LogP contribution in [0.1, 0.15) is 42.7 Å². The average molecular weight is 523 g/mol. The van der Waals surface area contributed by atoms with Gasteiger partial charge in [0.25, 0.3) is 0 Å². The first-order valence-electron chi connectivity index (χ1n) is 12.9. The third-order valence-electron chi connectivity index (χ3n) is 7.52. The Morgan fingerprint density at radius 1 is 1.08 bits per heavy atom. The number of likely N-dealkylation sites (tertiary alicyclic amines) is 1. The van der Waals surface area contributed by atoms with Crippen LogP contribution in [0, 0.1) is 0 Å². The van der Waals surface area contributed by atoms with E-state index in [0.29, 0.717) is 26.2 Å². The van der Waals surface area contributed by atoms with Gasteiger partial charge in [-0.25, -0.2) is 4.79 Å². The van der Waals surface area contributed by atoms with Gasteiger partial charge in [-0.15, -0.1) is 11.8 Å². The second-order valence-corrected chi connectivity index (χ2v) is 11.3. The molecule has 2 fully saturated rings. The molecular weight excluding hydrogens is 488 g/mol. The third kappa shape index (κ3) is 5.33. The number of hydrogen-bond donors (Lipinski definition) is 1. The molecule has 1 N–H and O–H groups in total. The highest BCUT2D eigenvalue weighted by Crippen LogP contribution is 2.45. The smallest absolute Gasteiger partial charge is 0.322 e. The molecule has 0 aromatic heterocycles. The van der Waals surface area contributed by atoms with Crippen LogP contribution in [0.25, 0.3) is 0 Å². The van der Waals surface area contributed by atoms with E-state index in [2.05, 4.69) is 5.32 Å². The summed E-state index contributed by atoms with van der Waals surface area (Å²) in [5.41, 5.74) is 3.04. The molecule has 3 aliphatic rings. The number of hydrogen-bond acceptors (Lipinski definition) is 5. The zero-order valence-electron chi connectivity index (χ0n) is 21.3. The van der Waals surface area contributed by atoms with Gasteiger partial charge in [-0.05, 0) is 37.0 Å². The fourth-order valence-electron chi connectivity index (χ4n) is 5.56. The van der Waals surface area contributed by atoms with Crippen LogP contribution in [0.5, 0.6) is 0 Å². The van der Waals surface area contributed by atoms with E-state index < -0.39 is 5.25 Å². The standard InChI is InChI=1S/C28H34N4O4S/c1-19(18-36-2)32-26(34)24(37-27(32)20-8-4-3-5-9-20)16-25(33)30-14-12-22(13-15-30)31-17-21-10-6-7-11-23(21)29-28(31)35/h3-11,19,22,24,27H,12-18H2,1-2H3,(H,29,35). The second kappa shape index (κ2) is 11.1. The Hall–Kier alpha value is -3.04. The number of amides is 4. The summed E-state index contributed by atoms with van der Waals surface area (Å²) >= 11 is 1.56. The summed E-state index contributed by atoms with van der Waals surface area (Å²) < 4.78 is 5.34. The van der Waals surface area contributed by atoms with Gasteiger partial charge in [0.15, 0.2) is 0 Å². The van der Waals surface area contributed by atoms with Gasteiger partial charge in [0.05, 0.1) is 17.9 Å². The maximum Gasteiger partial charge on any atom is 0.322 e. The van der Waals surface area contributed by atoms with Crippen molar-refractivity contribution in [2.24, 2.45) is 0 Å². The molecule has 0 radical (unpaired) electrons. The normalized spacial score (nSPS) is 23.1. The topological polar surface area (TPSA) is 82.2 Å². The van der Waals surface area contributed by atoms with Crippen molar-refractivity contribution in [2.45, 2.75) is 55.4 Å². The highest BCUT2D eigenvalue weighted by Gasteiger charge is 2.44. The van der Waals surface area contributed by atoms with Crippen LogP contribution in [0.15, 0.2) is 54.6 Å². The minimum Gasteiger partial charge on any atom is -0.383 e. The van der Waals surface area contributed by atoms with E-state index in [-0.39, 0.29) is 41.7 Å². The fraction of sp³-hybridized carbons (Fsp3) is 0.464. The van der Waals surface area contributed by atoms with Gasteiger partial charge >= 0.3 is 6.03 Å². The molecule has 0 spiro atoms. The lowest BCUT2D eigenvalue weighted by atomic mass is 10.0. The van der Waals surface area contributed by atoms with Crippen LogP contribution in [0.2, 0.25) is 0 Å². The SMILES string of the molecule is COCC(C)N1C(=O)C(CC(=O)N2CCC(N3Cc4ccccc4NC3=O)CC2)SC1c1ccccc1. The number of methoxy groups -OCH3 is 1. The molecule has 3 atom stereocenters. The molecular formula is C28H34N4O4S. The summed E-state index contributed by atoms with van der Waals surface area (Å²) in [7, 11) is 1.64. The van der Waals surface area contributed by atoms with Crippen molar-refractivity contribution in [3.63, 3.8) is 0 Å². The molecule has 0 bridgehead atoms. The number of rotatable bonds is 7. The monoisotopic (exact) mass is 522 g/mol. The molecule has 0 aliphatic carbocycles. The van der Waals surface area contributed by atoms with Crippen LogP contribution in [0.3, 0.4) is 0 Å². The summed E-state index contributed by atoms with van der Waals surface area (Å²) in [5.74, 6) is 0.00101. The number of nitrogens with one attached hydrogen (secondary N) is 1. The number of piperidine rings is 1. The molecule has 8 nitrogen and oxygen atoms in total. The van der Waals surface area contributed by atoms with E-state index in [1.807, 2.05) is 76.2 Å². The van der Waals surface area contributed by atoms with Crippen molar-refractivity contribution >= 4 is 35.3 Å². The van der Waals surface area contributed by atoms with Crippen molar-refractivity contribution in [2.75, 3.05) is 32.1 Å². The quantitative estimate of drug-likeness (QED) is 0.592. The largest absolute Gasteiger partial charge is 0.383 e. The lowest BCUT2D eigenvalue weighted by molar-refractivity contribution is -0.138. The lowest BCUT2D eigenvalue weighted by Gasteiger charge is -2.40. The number of benzene rings is 2. The highest BCUT2D eigenvalue weighted by molar-refractivity contribution is 8.01. The minimum absolute atomic E-state index is 0.00436. The van der Waals surface area contributed by atoms with Crippen LogP contribution < -0.4 is 5.32 Å². The Balaban J connectivity index is 1.20. The first-order chi connectivity index (χ1) is 18.0. The third-order valence-corrected chi connectivity index (χ3v) is 8.98. The van der Waals surface area contributed by atoms with Crippen molar-refractivity contribution in [1.82, 2.24) is 14.7 Å². The molecule has 4 amide bonds. The molecule has 3 aliphatic heterocycles. The van der Waals surface area contributed by atoms with Gasteiger partial charge in [0.1, 0.15) is 5.37 Å². The number of fused-ring (bicyclic) bond motifs is 1. The molecule has 2 aromatic rings. The first kappa shape index (κ1) is 25.6. The summed E-state index contributed by atoms with van der Waals surface area (Å²) in [6.45, 7) is 4.20. The van der Waals surface area contributed by atoms with Crippen molar-refractivity contribution in [3.8, 4) is 0 Å². The summed E-state index contributed by atoms with van der Waals surface area (Å²) in [6, 6.07) is 17.8. The number of urea groups is 1. The Morgan fingerprint density at radius 3 is 2.51 bits per heavy atom. The maximum absolute atomic E-state index is 13.4. The maximum atomic E-state index is 13.4. The van der Waals surface area contributed by atoms with Gasteiger partial charge in [0, 0.05) is 44.9 Å². The van der Waals surface area contributed by atoms with E-state index in [4.69, 9.17) is 4.74 Å². The molecule has 2 saturated heterocycles. The Morgan fingerprint density at radius 2 is 1.78 bits per heavy atom. The van der Waals surface area contributed by atoms with Crippen molar-refractivity contribution in [3.05, 3.63) is 65.7 Å². The van der Waals surface area contributed by atoms with Crippen LogP contribution in [0.4, 0.5) is 10.5 Å². The van der Waals surface area contributed by atoms with Gasteiger partial charge in [0.2, 0.25) is 11.8 Å². The van der Waals surface area contributed by atoms with Crippen LogP contribution >= 0.6 is 11.8 Å². The van der Waals surface area contributed by atoms with E-state index in [0.717, 1.165) is 29.7 Å². The van der Waals surface area contributed by atoms with E-state index in [9.17, 15) is 14.4 Å². The van der Waals surface area contributed by atoms with Crippen molar-refractivity contribution in [1.29, 1.82) is 0 Å². The van der Waals surface area contributed by atoms with E-state index in [1.54, 1.807) is 18.9 Å². The molecule has 3 heterocycles. The minimum atomic E-state index is -0.417. The van der Waals surface area contributed by atoms with Crippen LogP contribution in [-0.4, -0.2) is 76.7 Å². The number of nitrogens with zero attached hydrogens (tertiary/aromatic N) is 3. The number of carbonyl (C=O) groups excluding carboxylic acids is 3. The fourth-order valence-corrected chi connectivity index (χ4v) is 7.10. The number of anilines is 1. The summed E-state index contributed by atoms with van der Waals surface area (Å²) in [6.07, 6.45) is 1.65. The van der Waals surface area contributed by atoms with Crippen molar-refractivity contribution < 1.29 is 19.1 Å². The molecule has 196 valence electrons. The molecule has 0 saturated carbocycles. The van der Waals surface area contributed by atoms with Gasteiger partial charge in [-0.3, -0.25) is 9.59 Å². The number of carbonyl (C=O) groups is 3. The Bertz CT molecular complexity index is 1140. The highest BCUT2D eigenvalue weighted by atomic mass is 32.2. The second-order valence-electron chi connectivity index (χ2n) is 9.97.